The highest BCUT2D eigenvalue weighted by atomic mass is 16.2. The number of nitrogens with one attached hydrogen (secondary N) is 2. The van der Waals surface area contributed by atoms with Crippen molar-refractivity contribution in [2.75, 3.05) is 6.54 Å². The van der Waals surface area contributed by atoms with Gasteiger partial charge in [0.15, 0.2) is 5.69 Å². The highest BCUT2D eigenvalue weighted by Gasteiger charge is 2.30. The first kappa shape index (κ1) is 25.2. The molecule has 8 nitrogen and oxygen atoms in total. The van der Waals surface area contributed by atoms with Gasteiger partial charge in [-0.15, -0.1) is 0 Å². The minimum absolute atomic E-state index is 0.134. The number of aryl methyl sites for hydroxylation is 1. The maximum Gasteiger partial charge on any atom is 0.272 e. The predicted octanol–water partition coefficient (Wildman–Crippen LogP) is 3.56. The average molecular weight is 488 g/mol. The Labute approximate surface area is 211 Å². The molecule has 2 heterocycles. The summed E-state index contributed by atoms with van der Waals surface area (Å²) in [7, 11) is 0. The third kappa shape index (κ3) is 5.82. The van der Waals surface area contributed by atoms with Gasteiger partial charge in [-0.25, -0.2) is 0 Å². The monoisotopic (exact) mass is 487 g/mol. The third-order valence-electron chi connectivity index (χ3n) is 6.43. The topological polar surface area (TPSA) is 96.3 Å². The number of carbonyl (C=O) groups is 3. The molecule has 2 aromatic carbocycles. The molecule has 8 heteroatoms. The molecule has 3 amide bonds. The Kier molecular flexibility index (Phi) is 7.83. The van der Waals surface area contributed by atoms with Gasteiger partial charge in [-0.2, -0.15) is 5.10 Å². The van der Waals surface area contributed by atoms with E-state index in [4.69, 9.17) is 0 Å². The lowest BCUT2D eigenvalue weighted by Crippen LogP contribution is -2.50. The second-order valence-corrected chi connectivity index (χ2v) is 9.54. The van der Waals surface area contributed by atoms with E-state index >= 15 is 0 Å². The van der Waals surface area contributed by atoms with Crippen LogP contribution in [0.25, 0.3) is 0 Å². The van der Waals surface area contributed by atoms with E-state index in [2.05, 4.69) is 15.7 Å². The minimum atomic E-state index is -0.740. The summed E-state index contributed by atoms with van der Waals surface area (Å²) < 4.78 is 1.60. The Morgan fingerprint density at radius 1 is 0.944 bits per heavy atom. The second-order valence-electron chi connectivity index (χ2n) is 9.54. The van der Waals surface area contributed by atoms with Crippen LogP contribution in [0.3, 0.4) is 0 Å². The zero-order valence-electron chi connectivity index (χ0n) is 21.0. The van der Waals surface area contributed by atoms with Crippen molar-refractivity contribution in [1.29, 1.82) is 0 Å². The number of rotatable bonds is 8. The van der Waals surface area contributed by atoms with Gasteiger partial charge in [0, 0.05) is 25.7 Å². The summed E-state index contributed by atoms with van der Waals surface area (Å²) in [5.41, 5.74) is 2.55. The molecule has 0 spiro atoms. The molecule has 1 aliphatic heterocycles. The average Bonchev–Trinajstić information content (AvgIpc) is 3.25. The molecule has 0 saturated carbocycles. The number of benzene rings is 2. The normalized spacial score (nSPS) is 15.1. The van der Waals surface area contributed by atoms with Crippen molar-refractivity contribution in [1.82, 2.24) is 25.3 Å². The van der Waals surface area contributed by atoms with E-state index in [-0.39, 0.29) is 29.5 Å². The third-order valence-corrected chi connectivity index (χ3v) is 6.43. The van der Waals surface area contributed by atoms with Crippen LogP contribution in [0.1, 0.15) is 65.3 Å². The van der Waals surface area contributed by atoms with Crippen molar-refractivity contribution in [3.8, 4) is 0 Å². The number of aromatic nitrogens is 2. The zero-order valence-corrected chi connectivity index (χ0v) is 21.0. The molecule has 2 atom stereocenters. The summed E-state index contributed by atoms with van der Waals surface area (Å²) in [6, 6.07) is 20.1. The van der Waals surface area contributed by atoms with Crippen LogP contribution < -0.4 is 10.6 Å². The lowest BCUT2D eigenvalue weighted by molar-refractivity contribution is -0.124. The fourth-order valence-electron chi connectivity index (χ4n) is 4.38. The lowest BCUT2D eigenvalue weighted by Gasteiger charge is -2.24. The van der Waals surface area contributed by atoms with Crippen molar-refractivity contribution >= 4 is 17.7 Å². The van der Waals surface area contributed by atoms with Crippen LogP contribution in [-0.2, 0) is 17.9 Å². The molecular weight excluding hydrogens is 454 g/mol. The molecular formula is C28H33N5O3. The van der Waals surface area contributed by atoms with E-state index in [0.29, 0.717) is 25.3 Å². The van der Waals surface area contributed by atoms with Crippen LogP contribution in [0, 0.1) is 5.92 Å². The molecule has 0 fully saturated rings. The first-order valence-electron chi connectivity index (χ1n) is 12.4. The smallest absolute Gasteiger partial charge is 0.272 e. The molecule has 4 rings (SSSR count). The van der Waals surface area contributed by atoms with Crippen molar-refractivity contribution in [2.45, 2.75) is 52.4 Å². The van der Waals surface area contributed by atoms with Crippen LogP contribution >= 0.6 is 0 Å². The summed E-state index contributed by atoms with van der Waals surface area (Å²) in [5, 5.41) is 10.2. The van der Waals surface area contributed by atoms with E-state index < -0.39 is 11.9 Å². The molecule has 0 saturated heterocycles. The Bertz CT molecular complexity index is 1210. The largest absolute Gasteiger partial charge is 0.348 e. The van der Waals surface area contributed by atoms with E-state index in [9.17, 15) is 14.4 Å². The van der Waals surface area contributed by atoms with Gasteiger partial charge >= 0.3 is 0 Å². The van der Waals surface area contributed by atoms with E-state index in [1.807, 2.05) is 81.4 Å². The van der Waals surface area contributed by atoms with Gasteiger partial charge < -0.3 is 15.5 Å². The molecule has 2 unspecified atom stereocenters. The highest BCUT2D eigenvalue weighted by molar-refractivity contribution is 5.99. The summed E-state index contributed by atoms with van der Waals surface area (Å²) in [6.45, 7) is 7.33. The number of amides is 3. The van der Waals surface area contributed by atoms with Crippen molar-refractivity contribution in [2.24, 2.45) is 5.92 Å². The number of nitrogens with zero attached hydrogens (tertiary/aromatic N) is 3. The molecule has 188 valence electrons. The van der Waals surface area contributed by atoms with E-state index in [1.165, 1.54) is 6.07 Å². The second kappa shape index (κ2) is 11.2. The van der Waals surface area contributed by atoms with Crippen LogP contribution in [0.2, 0.25) is 0 Å². The van der Waals surface area contributed by atoms with Crippen LogP contribution in [0.15, 0.2) is 66.7 Å². The molecule has 36 heavy (non-hydrogen) atoms. The molecule has 1 aliphatic rings. The van der Waals surface area contributed by atoms with Crippen LogP contribution in [0.4, 0.5) is 0 Å². The SMILES string of the molecule is CC(NC(=O)C(NC(=O)c1cc2n(n1)CCCN(Cc1ccccc1)C2=O)C(C)C)c1ccccc1. The first-order chi connectivity index (χ1) is 17.3. The van der Waals surface area contributed by atoms with Gasteiger partial charge in [-0.05, 0) is 30.4 Å². The number of hydrogen-bond donors (Lipinski definition) is 2. The number of carbonyl (C=O) groups excluding carboxylic acids is 3. The molecule has 0 bridgehead atoms. The molecule has 3 aromatic rings. The maximum atomic E-state index is 13.2. The predicted molar refractivity (Wildman–Crippen MR) is 137 cm³/mol. The Morgan fingerprint density at radius 2 is 1.61 bits per heavy atom. The van der Waals surface area contributed by atoms with Crippen molar-refractivity contribution in [3.63, 3.8) is 0 Å². The van der Waals surface area contributed by atoms with Gasteiger partial charge in [-0.3, -0.25) is 19.1 Å². The van der Waals surface area contributed by atoms with E-state index in [0.717, 1.165) is 17.5 Å². The quantitative estimate of drug-likeness (QED) is 0.508. The number of hydrogen-bond acceptors (Lipinski definition) is 4. The van der Waals surface area contributed by atoms with Gasteiger partial charge in [-0.1, -0.05) is 74.5 Å². The van der Waals surface area contributed by atoms with Crippen LogP contribution in [0.5, 0.6) is 0 Å². The fraction of sp³-hybridized carbons (Fsp3) is 0.357. The van der Waals surface area contributed by atoms with Gasteiger partial charge in [0.2, 0.25) is 5.91 Å². The fourth-order valence-corrected chi connectivity index (χ4v) is 4.38. The summed E-state index contributed by atoms with van der Waals surface area (Å²) in [5.74, 6) is -1.03. The van der Waals surface area contributed by atoms with Gasteiger partial charge in [0.05, 0.1) is 6.04 Å². The Balaban J connectivity index is 1.45. The minimum Gasteiger partial charge on any atom is -0.348 e. The molecule has 2 N–H and O–H groups in total. The molecule has 1 aromatic heterocycles. The summed E-state index contributed by atoms with van der Waals surface area (Å²) in [4.78, 5) is 41.2. The maximum absolute atomic E-state index is 13.2. The number of fused-ring (bicyclic) bond motifs is 1. The molecule has 0 aliphatic carbocycles. The summed E-state index contributed by atoms with van der Waals surface area (Å²) in [6.07, 6.45) is 0.739. The zero-order chi connectivity index (χ0) is 25.7. The standard InChI is InChI=1S/C28H33N5O3/c1-19(2)25(27(35)29-20(3)22-13-8-5-9-14-22)30-26(34)23-17-24-28(36)32(15-10-16-33(24)31-23)18-21-11-6-4-7-12-21/h4-9,11-14,17,19-20,25H,10,15-16,18H2,1-3H3,(H,29,35)(H,30,34). The van der Waals surface area contributed by atoms with Gasteiger partial charge in [0.25, 0.3) is 11.8 Å². The Morgan fingerprint density at radius 3 is 2.28 bits per heavy atom. The van der Waals surface area contributed by atoms with Crippen LogP contribution in [-0.4, -0.2) is 45.0 Å². The van der Waals surface area contributed by atoms with Crippen molar-refractivity contribution in [3.05, 3.63) is 89.2 Å². The van der Waals surface area contributed by atoms with E-state index in [1.54, 1.807) is 9.58 Å². The first-order valence-corrected chi connectivity index (χ1v) is 12.4. The lowest BCUT2D eigenvalue weighted by atomic mass is 10.0. The summed E-state index contributed by atoms with van der Waals surface area (Å²) >= 11 is 0. The molecule has 0 radical (unpaired) electrons. The van der Waals surface area contributed by atoms with Gasteiger partial charge in [0.1, 0.15) is 11.7 Å². The Hall–Kier alpha value is -3.94. The highest BCUT2D eigenvalue weighted by Crippen LogP contribution is 2.18. The van der Waals surface area contributed by atoms with Crippen molar-refractivity contribution < 1.29 is 14.4 Å².